The molecular formula is C9H13ClMg. The van der Waals surface area contributed by atoms with Crippen molar-refractivity contribution in [2.45, 2.75) is 27.7 Å². The van der Waals surface area contributed by atoms with Crippen LogP contribution in [0.3, 0.4) is 0 Å². The third-order valence-electron chi connectivity index (χ3n) is 2.24. The van der Waals surface area contributed by atoms with E-state index in [1.807, 2.05) is 0 Å². The molecule has 2 heteroatoms. The Balaban J connectivity index is 0. The van der Waals surface area contributed by atoms with Gasteiger partial charge in [0, 0.05) is 0 Å². The van der Waals surface area contributed by atoms with Gasteiger partial charge in [0.1, 0.15) is 0 Å². The van der Waals surface area contributed by atoms with E-state index in [-0.39, 0.29) is 35.5 Å². The molecule has 58 valence electrons. The molecule has 1 atom stereocenters. The van der Waals surface area contributed by atoms with Crippen LogP contribution in [0.4, 0.5) is 0 Å². The quantitative estimate of drug-likeness (QED) is 0.344. The maximum absolute atomic E-state index is 3.36. The average Bonchev–Trinajstić information content (AvgIpc) is 1.98. The number of halogens is 1. The molecule has 0 amide bonds. The average molecular weight is 181 g/mol. The van der Waals surface area contributed by atoms with Crippen LogP contribution >= 0.6 is 0 Å². The van der Waals surface area contributed by atoms with Gasteiger partial charge < -0.3 is 12.4 Å². The summed E-state index contributed by atoms with van der Waals surface area (Å²) in [4.78, 5) is 0. The molecule has 0 aliphatic heterocycles. The second-order valence-corrected chi connectivity index (χ2v) is 2.80. The van der Waals surface area contributed by atoms with Gasteiger partial charge in [-0.05, 0) is 0 Å². The van der Waals surface area contributed by atoms with Gasteiger partial charge in [-0.1, -0.05) is 26.7 Å². The molecule has 0 aromatic rings. The number of hydrogen-bond donors (Lipinski definition) is 0. The van der Waals surface area contributed by atoms with Crippen molar-refractivity contribution in [1.29, 1.82) is 0 Å². The van der Waals surface area contributed by atoms with Crippen molar-refractivity contribution in [3.63, 3.8) is 0 Å². The van der Waals surface area contributed by atoms with Gasteiger partial charge in [0.25, 0.3) is 0 Å². The summed E-state index contributed by atoms with van der Waals surface area (Å²) in [6.07, 6.45) is 3.36. The third kappa shape index (κ3) is 2.81. The largest absolute Gasteiger partial charge is 2.00 e. The Morgan fingerprint density at radius 2 is 1.64 bits per heavy atom. The van der Waals surface area contributed by atoms with Crippen molar-refractivity contribution in [2.24, 2.45) is 5.92 Å². The van der Waals surface area contributed by atoms with E-state index in [0.717, 1.165) is 0 Å². The Labute approximate surface area is 91.7 Å². The number of allylic oxidation sites excluding steroid dienone is 4. The van der Waals surface area contributed by atoms with Crippen LogP contribution < -0.4 is 12.4 Å². The fourth-order valence-electron chi connectivity index (χ4n) is 1.16. The van der Waals surface area contributed by atoms with E-state index >= 15 is 0 Å². The molecule has 0 saturated carbocycles. The van der Waals surface area contributed by atoms with E-state index in [2.05, 4.69) is 33.8 Å². The zero-order valence-corrected chi connectivity index (χ0v) is 9.83. The van der Waals surface area contributed by atoms with Gasteiger partial charge in [0.2, 0.25) is 0 Å². The predicted molar refractivity (Wildman–Crippen MR) is 45.7 cm³/mol. The minimum Gasteiger partial charge on any atom is -1.00 e. The Bertz CT molecular complexity index is 192. The van der Waals surface area contributed by atoms with E-state index < -0.39 is 0 Å². The zero-order chi connectivity index (χ0) is 7.02. The second kappa shape index (κ2) is 5.23. The van der Waals surface area contributed by atoms with E-state index in [1.54, 1.807) is 0 Å². The van der Waals surface area contributed by atoms with Crippen LogP contribution in [-0.2, 0) is 0 Å². The molecule has 11 heavy (non-hydrogen) atoms. The topological polar surface area (TPSA) is 0 Å². The Kier molecular flexibility index (Phi) is 6.69. The monoisotopic (exact) mass is 180 g/mol. The van der Waals surface area contributed by atoms with Gasteiger partial charge in [-0.25, -0.2) is 5.57 Å². The first-order valence-corrected chi connectivity index (χ1v) is 3.40. The van der Waals surface area contributed by atoms with Crippen LogP contribution in [0, 0.1) is 12.0 Å². The van der Waals surface area contributed by atoms with Gasteiger partial charge in [-0.2, -0.15) is 11.1 Å². The first kappa shape index (κ1) is 14.1. The maximum atomic E-state index is 3.36. The molecule has 1 rings (SSSR count). The molecule has 0 N–H and O–H groups in total. The van der Waals surface area contributed by atoms with Crippen LogP contribution in [0.5, 0.6) is 0 Å². The van der Waals surface area contributed by atoms with Crippen molar-refractivity contribution >= 4 is 23.1 Å². The van der Waals surface area contributed by atoms with Crippen LogP contribution in [0.15, 0.2) is 16.7 Å². The summed E-state index contributed by atoms with van der Waals surface area (Å²) >= 11 is 0. The molecule has 1 aliphatic rings. The van der Waals surface area contributed by atoms with Crippen molar-refractivity contribution in [1.82, 2.24) is 0 Å². The third-order valence-corrected chi connectivity index (χ3v) is 2.24. The fourth-order valence-corrected chi connectivity index (χ4v) is 1.16. The summed E-state index contributed by atoms with van der Waals surface area (Å²) in [5, 5.41) is 0. The van der Waals surface area contributed by atoms with Gasteiger partial charge in [0.15, 0.2) is 0 Å². The second-order valence-electron chi connectivity index (χ2n) is 2.80. The first-order chi connectivity index (χ1) is 4.13. The van der Waals surface area contributed by atoms with Crippen LogP contribution in [0.25, 0.3) is 0 Å². The minimum atomic E-state index is 0. The van der Waals surface area contributed by atoms with Gasteiger partial charge in [-0.15, -0.1) is 6.92 Å². The van der Waals surface area contributed by atoms with Gasteiger partial charge in [0.05, 0.1) is 0 Å². The molecule has 1 unspecified atom stereocenters. The predicted octanol–water partition coefficient (Wildman–Crippen LogP) is -0.655. The zero-order valence-electron chi connectivity index (χ0n) is 7.66. The molecule has 0 heterocycles. The normalized spacial score (nSPS) is 22.2. The van der Waals surface area contributed by atoms with Crippen molar-refractivity contribution in [3.8, 4) is 0 Å². The first-order valence-electron chi connectivity index (χ1n) is 3.40. The van der Waals surface area contributed by atoms with Gasteiger partial charge >= 0.3 is 23.1 Å². The fraction of sp³-hybridized carbons (Fsp3) is 0.556. The molecule has 0 saturated heterocycles. The molecule has 0 radical (unpaired) electrons. The van der Waals surface area contributed by atoms with E-state index in [0.29, 0.717) is 5.92 Å². The molecule has 0 aromatic carbocycles. The van der Waals surface area contributed by atoms with E-state index in [1.165, 1.54) is 16.7 Å². The molecule has 0 fully saturated rings. The van der Waals surface area contributed by atoms with Crippen LogP contribution in [0.1, 0.15) is 27.7 Å². The molecule has 0 nitrogen and oxygen atoms in total. The van der Waals surface area contributed by atoms with Gasteiger partial charge in [-0.3, -0.25) is 6.08 Å². The van der Waals surface area contributed by atoms with Crippen LogP contribution in [-0.4, -0.2) is 23.1 Å². The van der Waals surface area contributed by atoms with Crippen molar-refractivity contribution in [2.75, 3.05) is 0 Å². The SMILES string of the molecule is CC1=[C-]C(C)C(C)=C1C.[Cl-].[Mg+2]. The van der Waals surface area contributed by atoms with Crippen molar-refractivity contribution < 1.29 is 12.4 Å². The van der Waals surface area contributed by atoms with E-state index in [4.69, 9.17) is 0 Å². The van der Waals surface area contributed by atoms with Crippen molar-refractivity contribution in [3.05, 3.63) is 22.8 Å². The summed E-state index contributed by atoms with van der Waals surface area (Å²) in [5.41, 5.74) is 4.25. The summed E-state index contributed by atoms with van der Waals surface area (Å²) < 4.78 is 0. The number of rotatable bonds is 0. The molecular weight excluding hydrogens is 168 g/mol. The maximum Gasteiger partial charge on any atom is 2.00 e. The standard InChI is InChI=1S/C9H13.ClH.Mg/c1-6-5-7(2)9(4)8(6)3;;/h6H,1-4H3;1H;/q-1;;+2/p-1. The Hall–Kier alpha value is 0.536. The smallest absolute Gasteiger partial charge is 1.00 e. The Morgan fingerprint density at radius 3 is 1.73 bits per heavy atom. The van der Waals surface area contributed by atoms with E-state index in [9.17, 15) is 0 Å². The molecule has 0 bridgehead atoms. The summed E-state index contributed by atoms with van der Waals surface area (Å²) in [7, 11) is 0. The summed E-state index contributed by atoms with van der Waals surface area (Å²) in [6.45, 7) is 8.67. The Morgan fingerprint density at radius 1 is 1.18 bits per heavy atom. The number of hydrogen-bond acceptors (Lipinski definition) is 0. The molecule has 0 spiro atoms. The molecule has 1 aliphatic carbocycles. The minimum absolute atomic E-state index is 0. The molecule has 0 aromatic heterocycles. The van der Waals surface area contributed by atoms with Crippen LogP contribution in [0.2, 0.25) is 0 Å². The summed E-state index contributed by atoms with van der Waals surface area (Å²) in [6, 6.07) is 0. The summed E-state index contributed by atoms with van der Waals surface area (Å²) in [5.74, 6) is 0.560.